The van der Waals surface area contributed by atoms with E-state index in [0.717, 1.165) is 19.5 Å². The molecule has 0 bridgehead atoms. The Labute approximate surface area is 128 Å². The van der Waals surface area contributed by atoms with E-state index in [1.165, 1.54) is 37.8 Å². The summed E-state index contributed by atoms with van der Waals surface area (Å²) in [4.78, 5) is 6.69. The Morgan fingerprint density at radius 1 is 1.24 bits per heavy atom. The second-order valence-corrected chi connectivity index (χ2v) is 5.86. The molecule has 4 heteroatoms. The van der Waals surface area contributed by atoms with Gasteiger partial charge in [-0.1, -0.05) is 37.5 Å². The lowest BCUT2D eigenvalue weighted by atomic mass is 9.96. The summed E-state index contributed by atoms with van der Waals surface area (Å²) in [6.07, 6.45) is 7.46. The number of nitrogens with zero attached hydrogens (tertiary/aromatic N) is 2. The van der Waals surface area contributed by atoms with E-state index in [9.17, 15) is 0 Å². The van der Waals surface area contributed by atoms with Gasteiger partial charge in [-0.2, -0.15) is 0 Å². The van der Waals surface area contributed by atoms with Crippen LogP contribution in [0.5, 0.6) is 0 Å². The van der Waals surface area contributed by atoms with Gasteiger partial charge in [0, 0.05) is 31.9 Å². The molecule has 0 atom stereocenters. The van der Waals surface area contributed by atoms with E-state index in [-0.39, 0.29) is 0 Å². The number of aliphatic imine (C=N–C) groups is 1. The molecule has 0 spiro atoms. The maximum atomic E-state index is 5.96. The molecule has 0 radical (unpaired) electrons. The summed E-state index contributed by atoms with van der Waals surface area (Å²) in [5.74, 6) is 0.615. The fourth-order valence-electron chi connectivity index (χ4n) is 2.82. The molecule has 0 aromatic heterocycles. The van der Waals surface area contributed by atoms with Gasteiger partial charge in [0.15, 0.2) is 5.96 Å². The summed E-state index contributed by atoms with van der Waals surface area (Å²) in [6, 6.07) is 11.0. The fraction of sp³-hybridized carbons (Fsp3) is 0.588. The number of nitrogens with one attached hydrogen (secondary N) is 1. The lowest BCUT2D eigenvalue weighted by Crippen LogP contribution is -2.41. The normalized spacial score (nSPS) is 16.7. The van der Waals surface area contributed by atoms with Crippen LogP contribution in [0.4, 0.5) is 5.69 Å². The van der Waals surface area contributed by atoms with Crippen LogP contribution in [0.15, 0.2) is 35.3 Å². The van der Waals surface area contributed by atoms with E-state index in [4.69, 9.17) is 5.73 Å². The summed E-state index contributed by atoms with van der Waals surface area (Å²) < 4.78 is 0. The molecule has 0 heterocycles. The van der Waals surface area contributed by atoms with Gasteiger partial charge in [0.05, 0.1) is 0 Å². The summed E-state index contributed by atoms with van der Waals surface area (Å²) in [6.45, 7) is 1.77. The molecule has 2 rings (SSSR count). The van der Waals surface area contributed by atoms with Gasteiger partial charge >= 0.3 is 0 Å². The molecule has 1 aliphatic carbocycles. The Hall–Kier alpha value is -1.71. The monoisotopic (exact) mass is 288 g/mol. The van der Waals surface area contributed by atoms with Crippen LogP contribution >= 0.6 is 0 Å². The third kappa shape index (κ3) is 5.66. The van der Waals surface area contributed by atoms with Crippen LogP contribution in [0.2, 0.25) is 0 Å². The van der Waals surface area contributed by atoms with Crippen molar-refractivity contribution >= 4 is 11.6 Å². The highest BCUT2D eigenvalue weighted by atomic mass is 15.1. The number of anilines is 1. The Morgan fingerprint density at radius 2 is 1.95 bits per heavy atom. The van der Waals surface area contributed by atoms with Crippen molar-refractivity contribution in [2.45, 2.75) is 44.6 Å². The van der Waals surface area contributed by atoms with Crippen LogP contribution in [-0.4, -0.2) is 32.1 Å². The molecule has 0 aliphatic heterocycles. The summed E-state index contributed by atoms with van der Waals surface area (Å²) in [5.41, 5.74) is 7.20. The minimum absolute atomic E-state index is 0.537. The first-order chi connectivity index (χ1) is 10.3. The van der Waals surface area contributed by atoms with E-state index < -0.39 is 0 Å². The number of hydrogen-bond acceptors (Lipinski definition) is 2. The van der Waals surface area contributed by atoms with Crippen LogP contribution in [0.25, 0.3) is 0 Å². The molecular weight excluding hydrogens is 260 g/mol. The quantitative estimate of drug-likeness (QED) is 0.481. The first-order valence-corrected chi connectivity index (χ1v) is 8.08. The second kappa shape index (κ2) is 8.55. The average Bonchev–Trinajstić information content (AvgIpc) is 2.53. The fourth-order valence-corrected chi connectivity index (χ4v) is 2.82. The summed E-state index contributed by atoms with van der Waals surface area (Å²) >= 11 is 0. The minimum Gasteiger partial charge on any atom is -0.375 e. The maximum Gasteiger partial charge on any atom is 0.188 e. The van der Waals surface area contributed by atoms with Crippen LogP contribution in [0, 0.1) is 0 Å². The highest BCUT2D eigenvalue weighted by Crippen LogP contribution is 2.17. The molecule has 4 nitrogen and oxygen atoms in total. The van der Waals surface area contributed by atoms with Gasteiger partial charge < -0.3 is 16.0 Å². The van der Waals surface area contributed by atoms with Crippen molar-refractivity contribution in [3.63, 3.8) is 0 Å². The van der Waals surface area contributed by atoms with Gasteiger partial charge in [0.25, 0.3) is 0 Å². The molecule has 0 amide bonds. The number of benzene rings is 1. The lowest BCUT2D eigenvalue weighted by molar-refractivity contribution is 0.412. The van der Waals surface area contributed by atoms with Crippen molar-refractivity contribution in [3.8, 4) is 0 Å². The van der Waals surface area contributed by atoms with Gasteiger partial charge in [-0.05, 0) is 31.4 Å². The maximum absolute atomic E-state index is 5.96. The zero-order valence-electron chi connectivity index (χ0n) is 13.1. The van der Waals surface area contributed by atoms with Crippen molar-refractivity contribution in [1.82, 2.24) is 5.32 Å². The van der Waals surface area contributed by atoms with Crippen molar-refractivity contribution in [2.24, 2.45) is 10.7 Å². The first-order valence-electron chi connectivity index (χ1n) is 8.08. The highest BCUT2D eigenvalue weighted by Gasteiger charge is 2.13. The number of hydrogen-bond donors (Lipinski definition) is 2. The van der Waals surface area contributed by atoms with Crippen molar-refractivity contribution < 1.29 is 0 Å². The van der Waals surface area contributed by atoms with E-state index >= 15 is 0 Å². The highest BCUT2D eigenvalue weighted by molar-refractivity contribution is 5.78. The van der Waals surface area contributed by atoms with Crippen molar-refractivity contribution in [1.29, 1.82) is 0 Å². The number of nitrogens with two attached hydrogens (primary N) is 1. The molecule has 1 saturated carbocycles. The van der Waals surface area contributed by atoms with Crippen LogP contribution < -0.4 is 16.0 Å². The largest absolute Gasteiger partial charge is 0.375 e. The second-order valence-electron chi connectivity index (χ2n) is 5.86. The Kier molecular flexibility index (Phi) is 6.38. The summed E-state index contributed by atoms with van der Waals surface area (Å²) in [7, 11) is 2.11. The van der Waals surface area contributed by atoms with Crippen molar-refractivity contribution in [2.75, 3.05) is 25.0 Å². The van der Waals surface area contributed by atoms with E-state index in [1.807, 2.05) is 6.07 Å². The Morgan fingerprint density at radius 3 is 2.67 bits per heavy atom. The number of guanidine groups is 1. The number of para-hydroxylation sites is 1. The zero-order chi connectivity index (χ0) is 14.9. The zero-order valence-corrected chi connectivity index (χ0v) is 13.1. The number of rotatable bonds is 6. The molecule has 1 fully saturated rings. The smallest absolute Gasteiger partial charge is 0.188 e. The molecule has 21 heavy (non-hydrogen) atoms. The molecular formula is C17H28N4. The van der Waals surface area contributed by atoms with Gasteiger partial charge in [0.2, 0.25) is 0 Å². The third-order valence-electron chi connectivity index (χ3n) is 4.09. The Bertz CT molecular complexity index is 424. The predicted molar refractivity (Wildman–Crippen MR) is 90.8 cm³/mol. The molecule has 3 N–H and O–H groups in total. The topological polar surface area (TPSA) is 53.6 Å². The first kappa shape index (κ1) is 15.7. The van der Waals surface area contributed by atoms with Crippen LogP contribution in [0.3, 0.4) is 0 Å². The molecule has 1 aromatic rings. The van der Waals surface area contributed by atoms with Gasteiger partial charge in [0.1, 0.15) is 0 Å². The van der Waals surface area contributed by atoms with Crippen LogP contribution in [0.1, 0.15) is 38.5 Å². The molecule has 0 saturated heterocycles. The minimum atomic E-state index is 0.537. The van der Waals surface area contributed by atoms with Gasteiger partial charge in [-0.25, -0.2) is 0 Å². The SMILES string of the molecule is CN(CCCN=C(N)NC1CCCCC1)c1ccccc1. The molecule has 116 valence electrons. The van der Waals surface area contributed by atoms with Crippen molar-refractivity contribution in [3.05, 3.63) is 30.3 Å². The van der Waals surface area contributed by atoms with E-state index in [0.29, 0.717) is 12.0 Å². The molecule has 1 aliphatic rings. The van der Waals surface area contributed by atoms with Gasteiger partial charge in [-0.15, -0.1) is 0 Å². The van der Waals surface area contributed by atoms with E-state index in [1.54, 1.807) is 0 Å². The van der Waals surface area contributed by atoms with E-state index in [2.05, 4.69) is 46.5 Å². The summed E-state index contributed by atoms with van der Waals surface area (Å²) in [5, 5.41) is 3.35. The Balaban J connectivity index is 1.64. The average molecular weight is 288 g/mol. The lowest BCUT2D eigenvalue weighted by Gasteiger charge is -2.23. The third-order valence-corrected chi connectivity index (χ3v) is 4.09. The van der Waals surface area contributed by atoms with Crippen LogP contribution in [-0.2, 0) is 0 Å². The molecule has 0 unspecified atom stereocenters. The standard InChI is InChI=1S/C17H28N4/c1-21(16-11-6-3-7-12-16)14-8-13-19-17(18)20-15-9-4-2-5-10-15/h3,6-7,11-12,15H,2,4-5,8-10,13-14H2,1H3,(H3,18,19,20). The van der Waals surface area contributed by atoms with Gasteiger partial charge in [-0.3, -0.25) is 4.99 Å². The predicted octanol–water partition coefficient (Wildman–Crippen LogP) is 2.75. The molecule has 1 aromatic carbocycles.